The van der Waals surface area contributed by atoms with Crippen LogP contribution in [0.3, 0.4) is 0 Å². The van der Waals surface area contributed by atoms with E-state index in [1.807, 2.05) is 0 Å². The summed E-state index contributed by atoms with van der Waals surface area (Å²) in [6, 6.07) is 9.36. The first-order valence-corrected chi connectivity index (χ1v) is 10.3. The summed E-state index contributed by atoms with van der Waals surface area (Å²) >= 11 is 0.677. The minimum atomic E-state index is -1.27. The van der Waals surface area contributed by atoms with Crippen LogP contribution in [0.2, 0.25) is 0 Å². The van der Waals surface area contributed by atoms with Crippen molar-refractivity contribution in [2.45, 2.75) is 13.0 Å². The second kappa shape index (κ2) is 10.1. The Hall–Kier alpha value is -3.59. The van der Waals surface area contributed by atoms with E-state index >= 15 is 0 Å². The van der Waals surface area contributed by atoms with E-state index in [4.69, 9.17) is 14.6 Å². The van der Waals surface area contributed by atoms with Crippen molar-refractivity contribution in [3.63, 3.8) is 0 Å². The van der Waals surface area contributed by atoms with Gasteiger partial charge >= 0.3 is 5.97 Å². The molecule has 0 atom stereocenters. The summed E-state index contributed by atoms with van der Waals surface area (Å²) in [5, 5.41) is 8.26. The Bertz CT molecular complexity index is 1100. The van der Waals surface area contributed by atoms with E-state index in [-0.39, 0.29) is 17.3 Å². The highest BCUT2D eigenvalue weighted by molar-refractivity contribution is 8.18. The molecule has 9 heteroatoms. The number of methoxy groups -OCH3 is 1. The minimum Gasteiger partial charge on any atom is -0.493 e. The quantitative estimate of drug-likeness (QED) is 0.444. The largest absolute Gasteiger partial charge is 0.493 e. The van der Waals surface area contributed by atoms with Crippen LogP contribution in [0.1, 0.15) is 16.7 Å². The standard InChI is InChI=1S/C23H20FNO6S/c1-3-4-16-9-15(11-19-22(28)25(12-20(26)27)23(29)32-19)10-18(30-2)21(16)31-13-14-5-7-17(24)8-6-14/h3,5-11H,1,4,12-13H2,2H3,(H,26,27)/b19-11+. The van der Waals surface area contributed by atoms with Gasteiger partial charge in [0.05, 0.1) is 12.0 Å². The molecular formula is C23H20FNO6S. The fourth-order valence-corrected chi connectivity index (χ4v) is 3.89. The van der Waals surface area contributed by atoms with Crippen molar-refractivity contribution < 1.29 is 33.4 Å². The molecule has 1 aliphatic heterocycles. The van der Waals surface area contributed by atoms with Crippen LogP contribution in [-0.4, -0.2) is 40.8 Å². The number of allylic oxidation sites excluding steroid dienone is 1. The van der Waals surface area contributed by atoms with E-state index < -0.39 is 23.7 Å². The third kappa shape index (κ3) is 5.36. The summed E-state index contributed by atoms with van der Waals surface area (Å²) in [5.74, 6) is -1.39. The van der Waals surface area contributed by atoms with Gasteiger partial charge in [0.1, 0.15) is 19.0 Å². The number of imide groups is 1. The number of carboxylic acids is 1. The molecule has 2 amide bonds. The van der Waals surface area contributed by atoms with Crippen LogP contribution in [0.4, 0.5) is 9.18 Å². The molecule has 1 heterocycles. The molecule has 166 valence electrons. The number of hydrogen-bond acceptors (Lipinski definition) is 6. The van der Waals surface area contributed by atoms with Gasteiger partial charge in [-0.15, -0.1) is 6.58 Å². The van der Waals surface area contributed by atoms with Gasteiger partial charge in [0.25, 0.3) is 11.1 Å². The van der Waals surface area contributed by atoms with Crippen molar-refractivity contribution in [1.29, 1.82) is 0 Å². The van der Waals surface area contributed by atoms with Gasteiger partial charge in [-0.3, -0.25) is 19.3 Å². The van der Waals surface area contributed by atoms with Gasteiger partial charge in [-0.1, -0.05) is 18.2 Å². The molecule has 0 bridgehead atoms. The molecule has 1 aliphatic rings. The molecule has 0 unspecified atom stereocenters. The molecule has 1 N–H and O–H groups in total. The van der Waals surface area contributed by atoms with Crippen molar-refractivity contribution in [2.24, 2.45) is 0 Å². The molecule has 2 aromatic rings. The first kappa shape index (κ1) is 23.1. The molecule has 32 heavy (non-hydrogen) atoms. The lowest BCUT2D eigenvalue weighted by molar-refractivity contribution is -0.140. The number of nitrogens with zero attached hydrogens (tertiary/aromatic N) is 1. The van der Waals surface area contributed by atoms with Gasteiger partial charge in [0, 0.05) is 5.56 Å². The van der Waals surface area contributed by atoms with Crippen molar-refractivity contribution in [1.82, 2.24) is 4.90 Å². The first-order chi connectivity index (χ1) is 15.3. The van der Waals surface area contributed by atoms with Crippen molar-refractivity contribution in [3.05, 3.63) is 76.5 Å². The van der Waals surface area contributed by atoms with E-state index in [1.54, 1.807) is 30.3 Å². The Morgan fingerprint density at radius 1 is 1.25 bits per heavy atom. The van der Waals surface area contributed by atoms with Crippen molar-refractivity contribution in [2.75, 3.05) is 13.7 Å². The van der Waals surface area contributed by atoms with Crippen LogP contribution in [0.5, 0.6) is 11.5 Å². The van der Waals surface area contributed by atoms with E-state index in [9.17, 15) is 18.8 Å². The normalized spacial score (nSPS) is 14.7. The molecule has 0 radical (unpaired) electrons. The van der Waals surface area contributed by atoms with Crippen LogP contribution in [0.15, 0.2) is 54.0 Å². The Kier molecular flexibility index (Phi) is 7.32. The summed E-state index contributed by atoms with van der Waals surface area (Å²) in [5.41, 5.74) is 2.08. The van der Waals surface area contributed by atoms with E-state index in [2.05, 4.69) is 6.58 Å². The first-order valence-electron chi connectivity index (χ1n) is 9.48. The smallest absolute Gasteiger partial charge is 0.323 e. The Morgan fingerprint density at radius 3 is 2.59 bits per heavy atom. The monoisotopic (exact) mass is 457 g/mol. The lowest BCUT2D eigenvalue weighted by atomic mass is 10.0. The van der Waals surface area contributed by atoms with E-state index in [1.165, 1.54) is 25.3 Å². The molecule has 3 rings (SSSR count). The lowest BCUT2D eigenvalue weighted by Gasteiger charge is -2.16. The van der Waals surface area contributed by atoms with Crippen LogP contribution in [-0.2, 0) is 22.6 Å². The molecule has 2 aromatic carbocycles. The number of carbonyl (C=O) groups is 3. The molecule has 0 spiro atoms. The van der Waals surface area contributed by atoms with Crippen molar-refractivity contribution >= 4 is 35.0 Å². The summed E-state index contributed by atoms with van der Waals surface area (Å²) in [7, 11) is 1.47. The highest BCUT2D eigenvalue weighted by atomic mass is 32.2. The second-order valence-electron chi connectivity index (χ2n) is 6.78. The van der Waals surface area contributed by atoms with Crippen molar-refractivity contribution in [3.8, 4) is 11.5 Å². The number of benzene rings is 2. The fourth-order valence-electron chi connectivity index (χ4n) is 3.05. The van der Waals surface area contributed by atoms with Crippen LogP contribution in [0.25, 0.3) is 6.08 Å². The summed E-state index contributed by atoms with van der Waals surface area (Å²) in [6.07, 6.45) is 3.63. The number of amides is 2. The Labute approximate surface area is 188 Å². The zero-order valence-corrected chi connectivity index (χ0v) is 18.0. The number of hydrogen-bond donors (Lipinski definition) is 1. The maximum Gasteiger partial charge on any atom is 0.323 e. The molecular weight excluding hydrogens is 437 g/mol. The molecule has 0 saturated carbocycles. The predicted octanol–water partition coefficient (Wildman–Crippen LogP) is 4.26. The topological polar surface area (TPSA) is 93.1 Å². The zero-order chi connectivity index (χ0) is 23.3. The fraction of sp³-hybridized carbons (Fsp3) is 0.174. The van der Waals surface area contributed by atoms with Gasteiger partial charge in [-0.25, -0.2) is 4.39 Å². The van der Waals surface area contributed by atoms with Crippen LogP contribution in [0, 0.1) is 5.82 Å². The zero-order valence-electron chi connectivity index (χ0n) is 17.2. The SMILES string of the molecule is C=CCc1cc(/C=C2/SC(=O)N(CC(=O)O)C2=O)cc(OC)c1OCc1ccc(F)cc1. The summed E-state index contributed by atoms with van der Waals surface area (Å²) < 4.78 is 24.5. The van der Waals surface area contributed by atoms with Crippen LogP contribution < -0.4 is 9.47 Å². The number of carboxylic acid groups (broad SMARTS) is 1. The molecule has 0 aromatic heterocycles. The Morgan fingerprint density at radius 2 is 1.97 bits per heavy atom. The maximum atomic E-state index is 13.1. The number of ether oxygens (including phenoxy) is 2. The van der Waals surface area contributed by atoms with Gasteiger partial charge in [-0.2, -0.15) is 0 Å². The Balaban J connectivity index is 1.90. The number of aliphatic carboxylic acids is 1. The van der Waals surface area contributed by atoms with E-state index in [0.717, 1.165) is 11.1 Å². The molecule has 7 nitrogen and oxygen atoms in total. The minimum absolute atomic E-state index is 0.114. The molecule has 1 saturated heterocycles. The maximum absolute atomic E-state index is 13.1. The number of rotatable bonds is 9. The van der Waals surface area contributed by atoms with Gasteiger partial charge in [-0.05, 0) is 59.7 Å². The second-order valence-corrected chi connectivity index (χ2v) is 7.77. The average Bonchev–Trinajstić information content (AvgIpc) is 3.01. The third-order valence-corrected chi connectivity index (χ3v) is 5.41. The number of thioether (sulfide) groups is 1. The number of carbonyl (C=O) groups excluding carboxylic acids is 2. The van der Waals surface area contributed by atoms with Gasteiger partial charge in [0.15, 0.2) is 11.5 Å². The molecule has 1 fully saturated rings. The predicted molar refractivity (Wildman–Crippen MR) is 118 cm³/mol. The van der Waals surface area contributed by atoms with Gasteiger partial charge < -0.3 is 14.6 Å². The van der Waals surface area contributed by atoms with E-state index in [0.29, 0.717) is 40.1 Å². The van der Waals surface area contributed by atoms with Gasteiger partial charge in [0.2, 0.25) is 0 Å². The highest BCUT2D eigenvalue weighted by Gasteiger charge is 2.36. The molecule has 0 aliphatic carbocycles. The van der Waals surface area contributed by atoms with Crippen LogP contribution >= 0.6 is 11.8 Å². The summed E-state index contributed by atoms with van der Waals surface area (Å²) in [6.45, 7) is 3.25. The average molecular weight is 457 g/mol. The third-order valence-electron chi connectivity index (χ3n) is 4.50. The number of halogens is 1. The lowest BCUT2D eigenvalue weighted by Crippen LogP contribution is -2.33. The highest BCUT2D eigenvalue weighted by Crippen LogP contribution is 2.37. The summed E-state index contributed by atoms with van der Waals surface area (Å²) in [4.78, 5) is 36.1.